The smallest absolute Gasteiger partial charge is 0.419 e. The normalized spacial score (nSPS) is 15.4. The molecule has 1 N–H and O–H groups in total. The Balaban J connectivity index is 1.78. The molecule has 0 amide bonds. The largest absolute Gasteiger partial charge is 0.460 e. The van der Waals surface area contributed by atoms with Gasteiger partial charge in [0.15, 0.2) is 0 Å². The van der Waals surface area contributed by atoms with E-state index in [9.17, 15) is 17.6 Å². The van der Waals surface area contributed by atoms with Crippen LogP contribution in [0.1, 0.15) is 24.2 Å². The molecule has 0 unspecified atom stereocenters. The molecule has 2 aromatic rings. The summed E-state index contributed by atoms with van der Waals surface area (Å²) in [7, 11) is 0. The van der Waals surface area contributed by atoms with Gasteiger partial charge in [0.2, 0.25) is 0 Å². The Morgan fingerprint density at radius 3 is 2.52 bits per heavy atom. The topological polar surface area (TPSA) is 25.2 Å². The van der Waals surface area contributed by atoms with E-state index >= 15 is 0 Å². The van der Waals surface area contributed by atoms with E-state index in [0.717, 1.165) is 25.0 Å². The molecule has 21 heavy (non-hydrogen) atoms. The molecule has 1 saturated carbocycles. The van der Waals surface area contributed by atoms with Crippen molar-refractivity contribution in [1.82, 2.24) is 5.32 Å². The molecule has 1 fully saturated rings. The fourth-order valence-corrected chi connectivity index (χ4v) is 2.06. The van der Waals surface area contributed by atoms with Crippen LogP contribution < -0.4 is 5.32 Å². The zero-order valence-corrected chi connectivity index (χ0v) is 11.0. The van der Waals surface area contributed by atoms with Crippen molar-refractivity contribution in [3.05, 3.63) is 47.5 Å². The van der Waals surface area contributed by atoms with Crippen molar-refractivity contribution in [2.75, 3.05) is 0 Å². The summed E-state index contributed by atoms with van der Waals surface area (Å²) in [4.78, 5) is 0. The molecule has 1 aromatic heterocycles. The van der Waals surface area contributed by atoms with Crippen molar-refractivity contribution in [1.29, 1.82) is 0 Å². The van der Waals surface area contributed by atoms with E-state index in [-0.39, 0.29) is 5.56 Å². The highest BCUT2D eigenvalue weighted by atomic mass is 19.4. The molecular formula is C15H13F4NO. The Kier molecular flexibility index (Phi) is 3.49. The predicted octanol–water partition coefficient (Wildman–Crippen LogP) is 4.36. The third kappa shape index (κ3) is 3.26. The average molecular weight is 299 g/mol. The van der Waals surface area contributed by atoms with Gasteiger partial charge in [-0.3, -0.25) is 0 Å². The van der Waals surface area contributed by atoms with Crippen LogP contribution in [0.4, 0.5) is 17.6 Å². The van der Waals surface area contributed by atoms with Gasteiger partial charge in [0, 0.05) is 11.6 Å². The summed E-state index contributed by atoms with van der Waals surface area (Å²) < 4.78 is 56.5. The zero-order valence-electron chi connectivity index (χ0n) is 11.0. The first-order chi connectivity index (χ1) is 9.93. The van der Waals surface area contributed by atoms with Gasteiger partial charge in [0.05, 0.1) is 12.1 Å². The van der Waals surface area contributed by atoms with Gasteiger partial charge in [-0.05, 0) is 37.1 Å². The fourth-order valence-electron chi connectivity index (χ4n) is 2.06. The van der Waals surface area contributed by atoms with E-state index in [2.05, 4.69) is 5.32 Å². The first-order valence-electron chi connectivity index (χ1n) is 6.63. The molecule has 0 aliphatic heterocycles. The number of hydrogen-bond acceptors (Lipinski definition) is 2. The van der Waals surface area contributed by atoms with E-state index in [4.69, 9.17) is 4.42 Å². The van der Waals surface area contributed by atoms with Crippen LogP contribution in [0.15, 0.2) is 34.7 Å². The Labute approximate surface area is 118 Å². The highest BCUT2D eigenvalue weighted by Crippen LogP contribution is 2.33. The summed E-state index contributed by atoms with van der Waals surface area (Å²) in [6.07, 6.45) is -2.39. The summed E-state index contributed by atoms with van der Waals surface area (Å²) in [5.74, 6) is -0.263. The Morgan fingerprint density at radius 1 is 1.14 bits per heavy atom. The average Bonchev–Trinajstić information content (AvgIpc) is 3.12. The van der Waals surface area contributed by atoms with Crippen LogP contribution >= 0.6 is 0 Å². The van der Waals surface area contributed by atoms with Crippen LogP contribution in [-0.4, -0.2) is 6.04 Å². The van der Waals surface area contributed by atoms with E-state index in [1.54, 1.807) is 12.1 Å². The number of halogens is 4. The summed E-state index contributed by atoms with van der Waals surface area (Å²) in [5, 5.41) is 3.26. The maximum absolute atomic E-state index is 13.5. The number of benzene rings is 1. The van der Waals surface area contributed by atoms with Crippen molar-refractivity contribution in [3.63, 3.8) is 0 Å². The van der Waals surface area contributed by atoms with Gasteiger partial charge in [-0.15, -0.1) is 0 Å². The molecule has 112 valence electrons. The van der Waals surface area contributed by atoms with E-state index in [1.807, 2.05) is 0 Å². The highest BCUT2D eigenvalue weighted by molar-refractivity contribution is 5.58. The highest BCUT2D eigenvalue weighted by Gasteiger charge is 2.34. The molecule has 6 heteroatoms. The molecule has 1 aromatic carbocycles. The van der Waals surface area contributed by atoms with E-state index in [1.165, 1.54) is 6.07 Å². The number of hydrogen-bond donors (Lipinski definition) is 1. The lowest BCUT2D eigenvalue weighted by molar-refractivity contribution is -0.139. The molecule has 0 radical (unpaired) electrons. The molecule has 2 nitrogen and oxygen atoms in total. The van der Waals surface area contributed by atoms with Gasteiger partial charge in [0.25, 0.3) is 0 Å². The Bertz CT molecular complexity index is 643. The molecule has 1 aliphatic rings. The summed E-state index contributed by atoms with van der Waals surface area (Å²) in [5.41, 5.74) is -0.980. The van der Waals surface area contributed by atoms with Crippen molar-refractivity contribution in [2.24, 2.45) is 0 Å². The molecule has 0 atom stereocenters. The van der Waals surface area contributed by atoms with Crippen molar-refractivity contribution >= 4 is 0 Å². The predicted molar refractivity (Wildman–Crippen MR) is 69.0 cm³/mol. The monoisotopic (exact) mass is 299 g/mol. The quantitative estimate of drug-likeness (QED) is 0.849. The molecule has 0 saturated heterocycles. The lowest BCUT2D eigenvalue weighted by Gasteiger charge is -2.08. The second kappa shape index (κ2) is 5.18. The molecule has 0 spiro atoms. The third-order valence-corrected chi connectivity index (χ3v) is 3.36. The third-order valence-electron chi connectivity index (χ3n) is 3.36. The van der Waals surface area contributed by atoms with Crippen LogP contribution in [-0.2, 0) is 12.7 Å². The number of rotatable bonds is 4. The van der Waals surface area contributed by atoms with Crippen LogP contribution in [0.5, 0.6) is 0 Å². The van der Waals surface area contributed by atoms with Gasteiger partial charge in [-0.2, -0.15) is 13.2 Å². The first kappa shape index (κ1) is 14.1. The van der Waals surface area contributed by atoms with Crippen LogP contribution in [0.3, 0.4) is 0 Å². The maximum atomic E-state index is 13.5. The van der Waals surface area contributed by atoms with Gasteiger partial charge in [0.1, 0.15) is 17.3 Å². The summed E-state index contributed by atoms with van der Waals surface area (Å²) in [6, 6.07) is 6.69. The second-order valence-corrected chi connectivity index (χ2v) is 5.11. The van der Waals surface area contributed by atoms with E-state index < -0.39 is 17.6 Å². The molecular weight excluding hydrogens is 286 g/mol. The lowest BCUT2D eigenvalue weighted by Crippen LogP contribution is -2.14. The minimum atomic E-state index is -4.69. The van der Waals surface area contributed by atoms with E-state index in [0.29, 0.717) is 24.1 Å². The van der Waals surface area contributed by atoms with Crippen molar-refractivity contribution in [3.8, 4) is 11.3 Å². The molecule has 0 bridgehead atoms. The zero-order chi connectivity index (χ0) is 15.0. The molecule has 3 rings (SSSR count). The second-order valence-electron chi connectivity index (χ2n) is 5.11. The molecule has 1 aliphatic carbocycles. The van der Waals surface area contributed by atoms with Crippen LogP contribution in [0.2, 0.25) is 0 Å². The Morgan fingerprint density at radius 2 is 1.90 bits per heavy atom. The van der Waals surface area contributed by atoms with Crippen molar-refractivity contribution < 1.29 is 22.0 Å². The minimum Gasteiger partial charge on any atom is -0.460 e. The molecule has 1 heterocycles. The van der Waals surface area contributed by atoms with Gasteiger partial charge >= 0.3 is 6.18 Å². The number of nitrogens with one attached hydrogen (secondary N) is 1. The number of furan rings is 1. The standard InChI is InChI=1S/C15H13F4NO/c16-13-7-9(1-5-12(13)15(17,18)19)14-6-4-11(21-14)8-20-10-2-3-10/h1,4-7,10,20H,2-3,8H2. The van der Waals surface area contributed by atoms with Gasteiger partial charge < -0.3 is 9.73 Å². The number of alkyl halides is 3. The maximum Gasteiger partial charge on any atom is 0.419 e. The first-order valence-corrected chi connectivity index (χ1v) is 6.63. The van der Waals surface area contributed by atoms with Crippen molar-refractivity contribution in [2.45, 2.75) is 31.6 Å². The van der Waals surface area contributed by atoms with Gasteiger partial charge in [-0.25, -0.2) is 4.39 Å². The Hall–Kier alpha value is -1.82. The van der Waals surface area contributed by atoms with Crippen LogP contribution in [0, 0.1) is 5.82 Å². The minimum absolute atomic E-state index is 0.290. The van der Waals surface area contributed by atoms with Gasteiger partial charge in [-0.1, -0.05) is 6.07 Å². The van der Waals surface area contributed by atoms with Crippen LogP contribution in [0.25, 0.3) is 11.3 Å². The summed E-state index contributed by atoms with van der Waals surface area (Å²) >= 11 is 0. The fraction of sp³-hybridized carbons (Fsp3) is 0.333. The summed E-state index contributed by atoms with van der Waals surface area (Å²) in [6.45, 7) is 0.563. The SMILES string of the molecule is Fc1cc(-c2ccc(CNC3CC3)o2)ccc1C(F)(F)F. The lowest BCUT2D eigenvalue weighted by atomic mass is 10.1.